The fourth-order valence-electron chi connectivity index (χ4n) is 4.29. The van der Waals surface area contributed by atoms with E-state index in [0.29, 0.717) is 16.3 Å². The number of ether oxygens (including phenoxy) is 1. The Morgan fingerprint density at radius 3 is 2.30 bits per heavy atom. The Morgan fingerprint density at radius 1 is 0.970 bits per heavy atom. The molecule has 2 heterocycles. The Hall–Kier alpha value is -3.62. The Bertz CT molecular complexity index is 1230. The zero-order chi connectivity index (χ0) is 23.3. The van der Waals surface area contributed by atoms with Gasteiger partial charge in [0.15, 0.2) is 17.6 Å². The smallest absolute Gasteiger partial charge is 0.266 e. The summed E-state index contributed by atoms with van der Waals surface area (Å²) in [7, 11) is 1.42. The number of hydrogen-bond donors (Lipinski definition) is 1. The predicted octanol–water partition coefficient (Wildman–Crippen LogP) is 4.24. The highest BCUT2D eigenvalue weighted by Gasteiger charge is 2.60. The first-order valence-corrected chi connectivity index (χ1v) is 10.5. The minimum absolute atomic E-state index is 0.0588. The van der Waals surface area contributed by atoms with E-state index in [9.17, 15) is 19.1 Å². The molecule has 2 amide bonds. The van der Waals surface area contributed by atoms with Crippen LogP contribution in [-0.2, 0) is 14.4 Å². The van der Waals surface area contributed by atoms with E-state index in [-0.39, 0.29) is 17.2 Å². The second-order valence-corrected chi connectivity index (χ2v) is 8.15. The maximum Gasteiger partial charge on any atom is 0.266 e. The molecular formula is C24H18ClFN2O5. The van der Waals surface area contributed by atoms with Crippen LogP contribution in [0.25, 0.3) is 0 Å². The third-order valence-electron chi connectivity index (χ3n) is 5.83. The summed E-state index contributed by atoms with van der Waals surface area (Å²) in [5.74, 6) is -2.20. The third-order valence-corrected chi connectivity index (χ3v) is 6.08. The summed E-state index contributed by atoms with van der Waals surface area (Å²) in [5.41, 5.74) is 1.47. The Kier molecular flexibility index (Phi) is 5.19. The van der Waals surface area contributed by atoms with E-state index in [1.807, 2.05) is 0 Å². The monoisotopic (exact) mass is 468 g/mol. The molecule has 0 radical (unpaired) electrons. The summed E-state index contributed by atoms with van der Waals surface area (Å²) in [4.78, 5) is 33.8. The fraction of sp³-hybridized carbons (Fsp3) is 0.167. The van der Waals surface area contributed by atoms with Crippen LogP contribution in [0.4, 0.5) is 15.8 Å². The average Bonchev–Trinajstić information content (AvgIpc) is 3.32. The normalized spacial score (nSPS) is 22.1. The van der Waals surface area contributed by atoms with Gasteiger partial charge in [0.25, 0.3) is 5.91 Å². The Labute approximate surface area is 193 Å². The highest BCUT2D eigenvalue weighted by molar-refractivity contribution is 6.30. The number of anilines is 2. The zero-order valence-electron chi connectivity index (χ0n) is 17.3. The molecule has 5 rings (SSSR count). The van der Waals surface area contributed by atoms with E-state index in [1.54, 1.807) is 36.4 Å². The van der Waals surface area contributed by atoms with Crippen molar-refractivity contribution in [2.45, 2.75) is 12.1 Å². The first kappa shape index (κ1) is 21.2. The van der Waals surface area contributed by atoms with Crippen LogP contribution in [0.2, 0.25) is 5.02 Å². The van der Waals surface area contributed by atoms with Crippen molar-refractivity contribution in [2.75, 3.05) is 17.1 Å². The van der Waals surface area contributed by atoms with Crippen molar-refractivity contribution in [3.8, 4) is 11.5 Å². The number of phenols is 1. The molecule has 2 saturated heterocycles. The molecule has 33 heavy (non-hydrogen) atoms. The molecule has 168 valence electrons. The number of carbonyl (C=O) groups excluding carboxylic acids is 2. The molecule has 3 aromatic rings. The van der Waals surface area contributed by atoms with Gasteiger partial charge in [-0.1, -0.05) is 17.7 Å². The number of methoxy groups -OCH3 is 1. The van der Waals surface area contributed by atoms with Gasteiger partial charge in [0.05, 0.1) is 24.5 Å². The van der Waals surface area contributed by atoms with E-state index in [1.165, 1.54) is 42.5 Å². The lowest BCUT2D eigenvalue weighted by molar-refractivity contribution is -0.126. The number of benzene rings is 3. The maximum absolute atomic E-state index is 13.5. The molecule has 0 bridgehead atoms. The number of halogens is 2. The van der Waals surface area contributed by atoms with Crippen LogP contribution in [0.1, 0.15) is 11.6 Å². The minimum atomic E-state index is -1.08. The summed E-state index contributed by atoms with van der Waals surface area (Å²) in [6, 6.07) is 15.9. The van der Waals surface area contributed by atoms with Crippen molar-refractivity contribution in [2.24, 2.45) is 5.92 Å². The number of hydroxylamine groups is 1. The molecule has 3 aromatic carbocycles. The van der Waals surface area contributed by atoms with Crippen LogP contribution in [0.5, 0.6) is 11.5 Å². The summed E-state index contributed by atoms with van der Waals surface area (Å²) in [6.07, 6.45) is -1.08. The first-order valence-electron chi connectivity index (χ1n) is 10.1. The summed E-state index contributed by atoms with van der Waals surface area (Å²) < 4.78 is 18.6. The number of aromatic hydroxyl groups is 1. The molecule has 2 aliphatic heterocycles. The first-order chi connectivity index (χ1) is 15.9. The molecule has 9 heteroatoms. The second kappa shape index (κ2) is 8.06. The van der Waals surface area contributed by atoms with Crippen LogP contribution in [0, 0.1) is 11.7 Å². The van der Waals surface area contributed by atoms with Gasteiger partial charge in [0.2, 0.25) is 5.91 Å². The lowest BCUT2D eigenvalue weighted by atomic mass is 9.90. The molecule has 0 unspecified atom stereocenters. The van der Waals surface area contributed by atoms with Crippen LogP contribution >= 0.6 is 11.6 Å². The van der Waals surface area contributed by atoms with Gasteiger partial charge >= 0.3 is 0 Å². The number of carbonyl (C=O) groups is 2. The molecule has 3 atom stereocenters. The molecule has 2 fully saturated rings. The molecule has 0 saturated carbocycles. The largest absolute Gasteiger partial charge is 0.504 e. The van der Waals surface area contributed by atoms with Gasteiger partial charge in [0, 0.05) is 5.02 Å². The number of phenolic OH excluding ortho intramolecular Hbond substituents is 1. The standard InChI is InChI=1S/C24H18ClFN2O5/c1-32-19-12-13(2-11-18(19)29)21-20-22(33-28(21)17-7-3-14(25)4-8-17)24(31)27(23(20)30)16-9-5-15(26)6-10-16/h2-12,20-22,29H,1H3/t20-,21+,22+/m1/s1. The lowest BCUT2D eigenvalue weighted by Crippen LogP contribution is -2.37. The van der Waals surface area contributed by atoms with Crippen molar-refractivity contribution in [3.05, 3.63) is 83.1 Å². The second-order valence-electron chi connectivity index (χ2n) is 7.72. The molecule has 2 aliphatic rings. The van der Waals surface area contributed by atoms with Crippen molar-refractivity contribution < 1.29 is 28.7 Å². The SMILES string of the molecule is COc1cc([C@H]2[C@H]3C(=O)N(c4ccc(F)cc4)C(=O)[C@H]3ON2c2ccc(Cl)cc2)ccc1O. The molecule has 7 nitrogen and oxygen atoms in total. The van der Waals surface area contributed by atoms with Crippen LogP contribution < -0.4 is 14.7 Å². The van der Waals surface area contributed by atoms with Gasteiger partial charge in [0.1, 0.15) is 11.7 Å². The van der Waals surface area contributed by atoms with Crippen LogP contribution in [-0.4, -0.2) is 30.1 Å². The number of imide groups is 1. The van der Waals surface area contributed by atoms with E-state index in [2.05, 4.69) is 0 Å². The summed E-state index contributed by atoms with van der Waals surface area (Å²) in [6.45, 7) is 0. The van der Waals surface area contributed by atoms with Crippen molar-refractivity contribution >= 4 is 34.8 Å². The summed E-state index contributed by atoms with van der Waals surface area (Å²) >= 11 is 6.02. The number of fused-ring (bicyclic) bond motifs is 1. The molecule has 0 aliphatic carbocycles. The number of nitrogens with zero attached hydrogens (tertiary/aromatic N) is 2. The van der Waals surface area contributed by atoms with Gasteiger partial charge in [-0.25, -0.2) is 14.4 Å². The maximum atomic E-state index is 13.5. The molecular weight excluding hydrogens is 451 g/mol. The molecule has 1 N–H and O–H groups in total. The van der Waals surface area contributed by atoms with Crippen molar-refractivity contribution in [1.82, 2.24) is 0 Å². The van der Waals surface area contributed by atoms with E-state index >= 15 is 0 Å². The molecule has 0 aromatic heterocycles. The van der Waals surface area contributed by atoms with Crippen LogP contribution in [0.3, 0.4) is 0 Å². The van der Waals surface area contributed by atoms with Gasteiger partial charge in [-0.15, -0.1) is 0 Å². The van der Waals surface area contributed by atoms with Gasteiger partial charge in [-0.05, 0) is 66.2 Å². The minimum Gasteiger partial charge on any atom is -0.504 e. The lowest BCUT2D eigenvalue weighted by Gasteiger charge is -2.29. The molecule has 0 spiro atoms. The van der Waals surface area contributed by atoms with Crippen molar-refractivity contribution in [3.63, 3.8) is 0 Å². The number of rotatable bonds is 4. The fourth-order valence-corrected chi connectivity index (χ4v) is 4.41. The topological polar surface area (TPSA) is 79.3 Å². The predicted molar refractivity (Wildman–Crippen MR) is 119 cm³/mol. The average molecular weight is 469 g/mol. The van der Waals surface area contributed by atoms with Crippen molar-refractivity contribution in [1.29, 1.82) is 0 Å². The highest BCUT2D eigenvalue weighted by Crippen LogP contribution is 2.48. The zero-order valence-corrected chi connectivity index (χ0v) is 18.1. The highest BCUT2D eigenvalue weighted by atomic mass is 35.5. The Balaban J connectivity index is 1.60. The van der Waals surface area contributed by atoms with E-state index < -0.39 is 35.7 Å². The van der Waals surface area contributed by atoms with Gasteiger partial charge in [-0.3, -0.25) is 14.4 Å². The van der Waals surface area contributed by atoms with E-state index in [0.717, 1.165) is 4.90 Å². The van der Waals surface area contributed by atoms with E-state index in [4.69, 9.17) is 21.2 Å². The quantitative estimate of drug-likeness (QED) is 0.577. The Morgan fingerprint density at radius 2 is 1.64 bits per heavy atom. The van der Waals surface area contributed by atoms with Crippen LogP contribution in [0.15, 0.2) is 66.7 Å². The summed E-state index contributed by atoms with van der Waals surface area (Å²) in [5, 5.41) is 12.1. The number of hydrogen-bond acceptors (Lipinski definition) is 6. The number of amides is 2. The van der Waals surface area contributed by atoms with Gasteiger partial charge < -0.3 is 9.84 Å². The van der Waals surface area contributed by atoms with Gasteiger partial charge in [-0.2, -0.15) is 0 Å². The third kappa shape index (κ3) is 3.48.